The third kappa shape index (κ3) is 6.16. The number of benzene rings is 2. The molecule has 2 amide bonds. The van der Waals surface area contributed by atoms with Crippen molar-refractivity contribution in [1.82, 2.24) is 10.2 Å². The van der Waals surface area contributed by atoms with Crippen molar-refractivity contribution < 1.29 is 9.59 Å². The van der Waals surface area contributed by atoms with Crippen LogP contribution in [0.15, 0.2) is 59.4 Å². The Morgan fingerprint density at radius 2 is 1.52 bits per heavy atom. The van der Waals surface area contributed by atoms with Crippen LogP contribution in [0.2, 0.25) is 0 Å². The van der Waals surface area contributed by atoms with Crippen LogP contribution in [0, 0.1) is 0 Å². The van der Waals surface area contributed by atoms with Crippen LogP contribution in [-0.4, -0.2) is 22.0 Å². The number of aromatic nitrogens is 2. The Morgan fingerprint density at radius 3 is 2.27 bits per heavy atom. The van der Waals surface area contributed by atoms with Gasteiger partial charge in [0.15, 0.2) is 0 Å². The van der Waals surface area contributed by atoms with Gasteiger partial charge in [-0.3, -0.25) is 14.4 Å². The molecule has 0 saturated carbocycles. The molecule has 0 radical (unpaired) electrons. The van der Waals surface area contributed by atoms with E-state index in [0.717, 1.165) is 53.8 Å². The average Bonchev–Trinajstić information content (AvgIpc) is 2.82. The van der Waals surface area contributed by atoms with E-state index in [0.29, 0.717) is 18.5 Å². The van der Waals surface area contributed by atoms with Crippen molar-refractivity contribution >= 4 is 23.2 Å². The normalized spacial score (nSPS) is 12.6. The van der Waals surface area contributed by atoms with Crippen molar-refractivity contribution in [1.29, 1.82) is 0 Å². The van der Waals surface area contributed by atoms with Gasteiger partial charge in [-0.1, -0.05) is 30.3 Å². The third-order valence-corrected chi connectivity index (χ3v) is 5.83. The Hall–Kier alpha value is -3.74. The fraction of sp³-hybridized carbons (Fsp3) is 0.308. The second-order valence-electron chi connectivity index (χ2n) is 8.36. The minimum atomic E-state index is -0.126. The molecule has 1 aliphatic carbocycles. The molecule has 2 aromatic carbocycles. The van der Waals surface area contributed by atoms with Crippen molar-refractivity contribution in [3.05, 3.63) is 87.3 Å². The molecule has 0 bridgehead atoms. The Bertz CT molecular complexity index is 1190. The summed E-state index contributed by atoms with van der Waals surface area (Å²) in [6.07, 6.45) is 5.42. The first-order chi connectivity index (χ1) is 16.1. The predicted octanol–water partition coefficient (Wildman–Crippen LogP) is 3.99. The highest BCUT2D eigenvalue weighted by Gasteiger charge is 2.18. The summed E-state index contributed by atoms with van der Waals surface area (Å²) in [5.74, 6) is -0.230. The van der Waals surface area contributed by atoms with E-state index in [1.807, 2.05) is 54.6 Å². The summed E-state index contributed by atoms with van der Waals surface area (Å²) < 4.78 is 0. The number of nitrogens with one attached hydrogen (secondary N) is 3. The Morgan fingerprint density at radius 1 is 0.848 bits per heavy atom. The molecule has 0 unspecified atom stereocenters. The van der Waals surface area contributed by atoms with Crippen LogP contribution in [0.25, 0.3) is 0 Å². The number of aromatic amines is 1. The number of carbonyl (C=O) groups excluding carboxylic acids is 2. The number of H-pyrrole nitrogens is 1. The zero-order chi connectivity index (χ0) is 23.0. The van der Waals surface area contributed by atoms with Crippen molar-refractivity contribution in [2.75, 3.05) is 10.6 Å². The van der Waals surface area contributed by atoms with Gasteiger partial charge in [-0.05, 0) is 67.5 Å². The molecule has 170 valence electrons. The van der Waals surface area contributed by atoms with E-state index in [2.05, 4.69) is 20.8 Å². The number of para-hydroxylation sites is 1. The van der Waals surface area contributed by atoms with Gasteiger partial charge in [-0.2, -0.15) is 5.10 Å². The predicted molar refractivity (Wildman–Crippen MR) is 128 cm³/mol. The monoisotopic (exact) mass is 444 g/mol. The summed E-state index contributed by atoms with van der Waals surface area (Å²) >= 11 is 0. The highest BCUT2D eigenvalue weighted by atomic mass is 16.2. The molecule has 0 aliphatic heterocycles. The van der Waals surface area contributed by atoms with E-state index >= 15 is 0 Å². The fourth-order valence-corrected chi connectivity index (χ4v) is 4.20. The first kappa shape index (κ1) is 22.5. The molecular weight excluding hydrogens is 416 g/mol. The van der Waals surface area contributed by atoms with Crippen molar-refractivity contribution in [3.63, 3.8) is 0 Å². The molecule has 3 aromatic rings. The lowest BCUT2D eigenvalue weighted by atomic mass is 9.90. The second kappa shape index (κ2) is 10.7. The third-order valence-electron chi connectivity index (χ3n) is 5.83. The van der Waals surface area contributed by atoms with Crippen LogP contribution < -0.4 is 16.2 Å². The summed E-state index contributed by atoms with van der Waals surface area (Å²) in [6.45, 7) is 0. The summed E-state index contributed by atoms with van der Waals surface area (Å²) in [5.41, 5.74) is 5.25. The number of hydrogen-bond acceptors (Lipinski definition) is 4. The maximum atomic E-state index is 12.4. The zero-order valence-corrected chi connectivity index (χ0v) is 18.5. The summed E-state index contributed by atoms with van der Waals surface area (Å²) in [5, 5.41) is 12.7. The van der Waals surface area contributed by atoms with Gasteiger partial charge in [-0.15, -0.1) is 0 Å². The van der Waals surface area contributed by atoms with Crippen molar-refractivity contribution in [2.24, 2.45) is 0 Å². The highest BCUT2D eigenvalue weighted by molar-refractivity contribution is 5.93. The van der Waals surface area contributed by atoms with Gasteiger partial charge >= 0.3 is 0 Å². The topological polar surface area (TPSA) is 104 Å². The number of anilines is 2. The fourth-order valence-electron chi connectivity index (χ4n) is 4.20. The largest absolute Gasteiger partial charge is 0.326 e. The van der Waals surface area contributed by atoms with Crippen LogP contribution in [0.1, 0.15) is 54.5 Å². The van der Waals surface area contributed by atoms with Gasteiger partial charge in [0, 0.05) is 36.2 Å². The second-order valence-corrected chi connectivity index (χ2v) is 8.36. The highest BCUT2D eigenvalue weighted by Crippen LogP contribution is 2.23. The van der Waals surface area contributed by atoms with E-state index in [1.54, 1.807) is 0 Å². The zero-order valence-electron chi connectivity index (χ0n) is 18.5. The summed E-state index contributed by atoms with van der Waals surface area (Å²) in [7, 11) is 0. The molecule has 7 heteroatoms. The maximum absolute atomic E-state index is 12.4. The lowest BCUT2D eigenvalue weighted by Gasteiger charge is -2.17. The maximum Gasteiger partial charge on any atom is 0.267 e. The standard InChI is InChI=1S/C26H28N4O3/c31-24(27-19-9-2-1-3-10-19)14-7-15-25(32)28-20-11-6-8-18(16-20)17-23-21-12-4-5-13-22(21)26(33)30-29-23/h1-3,6,8-11,16H,4-5,7,12-15,17H2,(H,27,31)(H,28,32)(H,30,33). The van der Waals surface area contributed by atoms with Crippen molar-refractivity contribution in [3.8, 4) is 0 Å². The lowest BCUT2D eigenvalue weighted by molar-refractivity contribution is -0.117. The summed E-state index contributed by atoms with van der Waals surface area (Å²) in [4.78, 5) is 36.5. The minimum absolute atomic E-state index is 0.0769. The molecule has 1 aromatic heterocycles. The molecule has 0 saturated heterocycles. The molecular formula is C26H28N4O3. The van der Waals surface area contributed by atoms with Gasteiger partial charge in [0.05, 0.1) is 5.69 Å². The van der Waals surface area contributed by atoms with E-state index in [4.69, 9.17) is 0 Å². The quantitative estimate of drug-likeness (QED) is 0.489. The summed E-state index contributed by atoms with van der Waals surface area (Å²) in [6, 6.07) is 16.9. The van der Waals surface area contributed by atoms with Gasteiger partial charge < -0.3 is 10.6 Å². The SMILES string of the molecule is O=C(CCCC(=O)Nc1cccc(Cc2n[nH]c(=O)c3c2CCCC3)c1)Nc1ccccc1. The number of nitrogens with zero attached hydrogens (tertiary/aromatic N) is 1. The number of amides is 2. The van der Waals surface area contributed by atoms with Gasteiger partial charge in [0.25, 0.3) is 5.56 Å². The van der Waals surface area contributed by atoms with Crippen LogP contribution in [-0.2, 0) is 28.9 Å². The molecule has 1 heterocycles. The van der Waals surface area contributed by atoms with E-state index in [1.165, 1.54) is 0 Å². The van der Waals surface area contributed by atoms with Crippen LogP contribution >= 0.6 is 0 Å². The number of rotatable bonds is 8. The Labute approximate surface area is 192 Å². The molecule has 4 rings (SSSR count). The Balaban J connectivity index is 1.30. The van der Waals surface area contributed by atoms with Gasteiger partial charge in [0.2, 0.25) is 11.8 Å². The lowest BCUT2D eigenvalue weighted by Crippen LogP contribution is -2.23. The molecule has 0 atom stereocenters. The number of hydrogen-bond donors (Lipinski definition) is 3. The average molecular weight is 445 g/mol. The van der Waals surface area contributed by atoms with Gasteiger partial charge in [0.1, 0.15) is 0 Å². The first-order valence-electron chi connectivity index (χ1n) is 11.4. The van der Waals surface area contributed by atoms with Crippen LogP contribution in [0.5, 0.6) is 0 Å². The van der Waals surface area contributed by atoms with Crippen LogP contribution in [0.4, 0.5) is 11.4 Å². The molecule has 3 N–H and O–H groups in total. The van der Waals surface area contributed by atoms with E-state index < -0.39 is 0 Å². The van der Waals surface area contributed by atoms with Crippen molar-refractivity contribution in [2.45, 2.75) is 51.4 Å². The van der Waals surface area contributed by atoms with Crippen LogP contribution in [0.3, 0.4) is 0 Å². The molecule has 33 heavy (non-hydrogen) atoms. The minimum Gasteiger partial charge on any atom is -0.326 e. The Kier molecular flexibility index (Phi) is 7.29. The number of fused-ring (bicyclic) bond motifs is 1. The smallest absolute Gasteiger partial charge is 0.267 e. The van der Waals surface area contributed by atoms with E-state index in [9.17, 15) is 14.4 Å². The molecule has 0 spiro atoms. The molecule has 7 nitrogen and oxygen atoms in total. The number of carbonyl (C=O) groups is 2. The molecule has 0 fully saturated rings. The molecule has 1 aliphatic rings. The first-order valence-corrected chi connectivity index (χ1v) is 11.4. The van der Waals surface area contributed by atoms with E-state index in [-0.39, 0.29) is 30.2 Å². The van der Waals surface area contributed by atoms with Gasteiger partial charge in [-0.25, -0.2) is 5.10 Å².